The van der Waals surface area contributed by atoms with Gasteiger partial charge in [0.05, 0.1) is 34.7 Å². The maximum absolute atomic E-state index is 6.37. The summed E-state index contributed by atoms with van der Waals surface area (Å²) in [5.74, 6) is 0. The van der Waals surface area contributed by atoms with Crippen LogP contribution in [0.5, 0.6) is 0 Å². The van der Waals surface area contributed by atoms with E-state index in [2.05, 4.69) is 42.5 Å². The van der Waals surface area contributed by atoms with Crippen LogP contribution in [0.3, 0.4) is 0 Å². The van der Waals surface area contributed by atoms with Crippen molar-refractivity contribution < 1.29 is 9.80 Å². The summed E-state index contributed by atoms with van der Waals surface area (Å²) in [6.45, 7) is 3.57. The molecule has 2 nitrogen and oxygen atoms in total. The van der Waals surface area contributed by atoms with E-state index in [4.69, 9.17) is 23.2 Å². The lowest BCUT2D eigenvalue weighted by Gasteiger charge is -2.45. The van der Waals surface area contributed by atoms with Crippen LogP contribution in [0.1, 0.15) is 43.0 Å². The fourth-order valence-electron chi connectivity index (χ4n) is 4.78. The molecule has 4 atom stereocenters. The third-order valence-corrected chi connectivity index (χ3v) is 6.68. The van der Waals surface area contributed by atoms with Crippen molar-refractivity contribution in [2.24, 2.45) is 0 Å². The van der Waals surface area contributed by atoms with Crippen LogP contribution >= 0.6 is 23.2 Å². The Kier molecular flexibility index (Phi) is 5.33. The summed E-state index contributed by atoms with van der Waals surface area (Å²) >= 11 is 12.5. The van der Waals surface area contributed by atoms with Gasteiger partial charge in [-0.2, -0.15) is 0 Å². The van der Waals surface area contributed by atoms with Crippen molar-refractivity contribution >= 4 is 23.2 Å². The zero-order chi connectivity index (χ0) is 17.2. The van der Waals surface area contributed by atoms with Gasteiger partial charge in [0.1, 0.15) is 6.54 Å². The summed E-state index contributed by atoms with van der Waals surface area (Å²) in [5, 5.41) is 1.33. The molecule has 25 heavy (non-hydrogen) atoms. The van der Waals surface area contributed by atoms with Gasteiger partial charge in [0.15, 0.2) is 0 Å². The van der Waals surface area contributed by atoms with Crippen molar-refractivity contribution in [1.82, 2.24) is 0 Å². The molecule has 0 aromatic heterocycles. The van der Waals surface area contributed by atoms with Crippen LogP contribution in [-0.4, -0.2) is 19.1 Å². The number of quaternary nitrogens is 2. The second-order valence-corrected chi connectivity index (χ2v) is 8.30. The average molecular weight is 377 g/mol. The molecule has 0 aliphatic carbocycles. The fourth-order valence-corrected chi connectivity index (χ4v) is 5.08. The van der Waals surface area contributed by atoms with Crippen LogP contribution in [0.2, 0.25) is 10.0 Å². The van der Waals surface area contributed by atoms with Crippen molar-refractivity contribution in [3.8, 4) is 0 Å². The van der Waals surface area contributed by atoms with Crippen molar-refractivity contribution in [3.63, 3.8) is 0 Å². The topological polar surface area (TPSA) is 8.88 Å². The average Bonchev–Trinajstić information content (AvgIpc) is 2.65. The first kappa shape index (κ1) is 17.4. The molecule has 2 aliphatic rings. The summed E-state index contributed by atoms with van der Waals surface area (Å²) < 4.78 is 0. The van der Waals surface area contributed by atoms with E-state index < -0.39 is 0 Å². The molecule has 2 N–H and O–H groups in total. The predicted octanol–water partition coefficient (Wildman–Crippen LogP) is 2.92. The molecule has 2 fully saturated rings. The maximum atomic E-state index is 6.37. The van der Waals surface area contributed by atoms with E-state index in [1.807, 2.05) is 6.07 Å². The van der Waals surface area contributed by atoms with E-state index in [9.17, 15) is 0 Å². The smallest absolute Gasteiger partial charge is 0.240 e. The Hall–Kier alpha value is -1.06. The molecule has 2 saturated heterocycles. The quantitative estimate of drug-likeness (QED) is 0.814. The number of fused-ring (bicyclic) bond motifs is 1. The Bertz CT molecular complexity index is 719. The first-order valence-corrected chi connectivity index (χ1v) is 10.2. The first-order valence-electron chi connectivity index (χ1n) is 9.41. The fraction of sp³-hybridized carbons (Fsp3) is 0.429. The minimum absolute atomic E-state index is 0.453. The molecule has 2 heterocycles. The molecule has 2 unspecified atom stereocenters. The Morgan fingerprint density at radius 3 is 2.52 bits per heavy atom. The summed E-state index contributed by atoms with van der Waals surface area (Å²) in [6.07, 6.45) is 5.87. The molecular formula is C21H26Cl2N2+2. The predicted molar refractivity (Wildman–Crippen MR) is 103 cm³/mol. The highest BCUT2D eigenvalue weighted by molar-refractivity contribution is 6.42. The van der Waals surface area contributed by atoms with Crippen LogP contribution < -0.4 is 9.80 Å². The van der Waals surface area contributed by atoms with Gasteiger partial charge >= 0.3 is 0 Å². The third kappa shape index (κ3) is 3.73. The van der Waals surface area contributed by atoms with Gasteiger partial charge in [0, 0.05) is 18.4 Å². The molecule has 132 valence electrons. The molecular weight excluding hydrogens is 351 g/mol. The molecule has 0 bridgehead atoms. The van der Waals surface area contributed by atoms with Crippen LogP contribution in [-0.2, 0) is 6.54 Å². The zero-order valence-electron chi connectivity index (χ0n) is 14.5. The third-order valence-electron chi connectivity index (χ3n) is 5.94. The van der Waals surface area contributed by atoms with E-state index in [0.29, 0.717) is 16.2 Å². The molecule has 0 amide bonds. The number of piperidine rings is 1. The van der Waals surface area contributed by atoms with E-state index in [1.165, 1.54) is 49.9 Å². The maximum Gasteiger partial charge on any atom is 0.240 e. The Morgan fingerprint density at radius 1 is 0.880 bits per heavy atom. The van der Waals surface area contributed by atoms with Gasteiger partial charge in [0.25, 0.3) is 0 Å². The normalized spacial score (nSPS) is 29.2. The van der Waals surface area contributed by atoms with Gasteiger partial charge in [-0.25, -0.2) is 0 Å². The molecule has 0 saturated carbocycles. The second kappa shape index (κ2) is 7.67. The van der Waals surface area contributed by atoms with E-state index in [-0.39, 0.29) is 0 Å². The lowest BCUT2D eigenvalue weighted by Crippen LogP contribution is -3.35. The van der Waals surface area contributed by atoms with Crippen LogP contribution in [0.4, 0.5) is 0 Å². The summed E-state index contributed by atoms with van der Waals surface area (Å²) in [7, 11) is 0. The molecule has 4 rings (SSSR count). The van der Waals surface area contributed by atoms with Gasteiger partial charge in [-0.3, -0.25) is 9.80 Å². The minimum Gasteiger partial charge on any atom is -0.279 e. The van der Waals surface area contributed by atoms with Crippen molar-refractivity contribution in [3.05, 3.63) is 69.7 Å². The van der Waals surface area contributed by atoms with Crippen molar-refractivity contribution in [2.75, 3.05) is 13.1 Å². The summed E-state index contributed by atoms with van der Waals surface area (Å²) in [6, 6.07) is 17.9. The van der Waals surface area contributed by atoms with Gasteiger partial charge in [-0.1, -0.05) is 53.5 Å². The van der Waals surface area contributed by atoms with Crippen molar-refractivity contribution in [1.29, 1.82) is 0 Å². The van der Waals surface area contributed by atoms with Gasteiger partial charge in [0.2, 0.25) is 6.17 Å². The van der Waals surface area contributed by atoms with E-state index in [0.717, 1.165) is 12.6 Å². The number of hydrogen-bond acceptors (Lipinski definition) is 0. The molecule has 2 aliphatic heterocycles. The van der Waals surface area contributed by atoms with E-state index in [1.54, 1.807) is 9.80 Å². The van der Waals surface area contributed by atoms with Gasteiger partial charge in [-0.05, 0) is 31.0 Å². The number of hydrogen-bond donors (Lipinski definition) is 2. The van der Waals surface area contributed by atoms with Crippen LogP contribution in [0.15, 0.2) is 48.5 Å². The van der Waals surface area contributed by atoms with Gasteiger partial charge in [-0.15, -0.1) is 0 Å². The van der Waals surface area contributed by atoms with E-state index >= 15 is 0 Å². The Balaban J connectivity index is 1.67. The molecule has 2 aromatic carbocycles. The number of benzene rings is 2. The highest BCUT2D eigenvalue weighted by Gasteiger charge is 2.44. The number of nitrogens with one attached hydrogen (secondary N) is 2. The lowest BCUT2D eigenvalue weighted by molar-refractivity contribution is -1.17. The summed E-state index contributed by atoms with van der Waals surface area (Å²) in [5.41, 5.74) is 2.75. The summed E-state index contributed by atoms with van der Waals surface area (Å²) in [4.78, 5) is 3.40. The number of rotatable bonds is 3. The van der Waals surface area contributed by atoms with Crippen LogP contribution in [0, 0.1) is 0 Å². The molecule has 0 spiro atoms. The molecule has 0 radical (unpaired) electrons. The highest BCUT2D eigenvalue weighted by Crippen LogP contribution is 2.25. The Morgan fingerprint density at radius 2 is 1.72 bits per heavy atom. The Labute approximate surface area is 160 Å². The lowest BCUT2D eigenvalue weighted by atomic mass is 9.93. The molecule has 2 aromatic rings. The second-order valence-electron chi connectivity index (χ2n) is 7.48. The van der Waals surface area contributed by atoms with Gasteiger partial charge < -0.3 is 0 Å². The monoisotopic (exact) mass is 376 g/mol. The SMILES string of the molecule is Clc1ccc([C@@H]2[NH+](Cc3ccccc3)CC[C@@H]3CCCC[NH+]32)cc1Cl. The van der Waals surface area contributed by atoms with Crippen molar-refractivity contribution in [2.45, 2.75) is 44.4 Å². The molecule has 4 heteroatoms. The largest absolute Gasteiger partial charge is 0.279 e. The number of halogens is 2. The minimum atomic E-state index is 0.453. The standard InChI is InChI=1S/C21H24Cl2N2/c22-19-10-9-17(14-20(19)23)21-24(15-16-6-2-1-3-7-16)13-11-18-8-4-5-12-25(18)21/h1-3,6-7,9-10,14,18,21H,4-5,8,11-13,15H2/p+2/t18-,21+/m0/s1. The zero-order valence-corrected chi connectivity index (χ0v) is 16.0. The first-order chi connectivity index (χ1) is 12.2. The highest BCUT2D eigenvalue weighted by atomic mass is 35.5. The van der Waals surface area contributed by atoms with Crippen LogP contribution in [0.25, 0.3) is 0 Å².